The molecule has 0 N–H and O–H groups in total. The number of rotatable bonds is 6. The Morgan fingerprint density at radius 1 is 1.11 bits per heavy atom. The SMILES string of the molecule is O=C(OCc1ccc([N+](=O)[O-])cc1)C(=Cc1ccc(F)cc1)c1cccs1. The number of nitro benzene ring substituents is 1. The van der Waals surface area contributed by atoms with E-state index in [0.29, 0.717) is 16.7 Å². The third-order valence-electron chi connectivity index (χ3n) is 3.70. The normalized spacial score (nSPS) is 11.2. The summed E-state index contributed by atoms with van der Waals surface area (Å²) >= 11 is 1.39. The Morgan fingerprint density at radius 3 is 2.41 bits per heavy atom. The average Bonchev–Trinajstić information content (AvgIpc) is 3.20. The molecule has 3 aromatic rings. The molecule has 0 fully saturated rings. The van der Waals surface area contributed by atoms with Gasteiger partial charge in [0.25, 0.3) is 5.69 Å². The Balaban J connectivity index is 1.77. The van der Waals surface area contributed by atoms with Crippen molar-refractivity contribution >= 4 is 34.6 Å². The van der Waals surface area contributed by atoms with Gasteiger partial charge in [-0.05, 0) is 52.9 Å². The molecule has 27 heavy (non-hydrogen) atoms. The highest BCUT2D eigenvalue weighted by Crippen LogP contribution is 2.25. The van der Waals surface area contributed by atoms with E-state index in [1.165, 1.54) is 35.6 Å². The van der Waals surface area contributed by atoms with E-state index in [1.54, 1.807) is 36.4 Å². The lowest BCUT2D eigenvalue weighted by atomic mass is 10.1. The third-order valence-corrected chi connectivity index (χ3v) is 4.61. The molecule has 2 aromatic carbocycles. The molecule has 5 nitrogen and oxygen atoms in total. The maximum absolute atomic E-state index is 13.1. The molecule has 0 saturated carbocycles. The van der Waals surface area contributed by atoms with Gasteiger partial charge < -0.3 is 4.74 Å². The predicted molar refractivity (Wildman–Crippen MR) is 101 cm³/mol. The molecule has 0 radical (unpaired) electrons. The van der Waals surface area contributed by atoms with Crippen LogP contribution in [0, 0.1) is 15.9 Å². The number of nitro groups is 1. The molecular formula is C20H14FNO4S. The highest BCUT2D eigenvalue weighted by molar-refractivity contribution is 7.11. The van der Waals surface area contributed by atoms with E-state index < -0.39 is 10.9 Å². The van der Waals surface area contributed by atoms with Crippen LogP contribution in [0.5, 0.6) is 0 Å². The summed E-state index contributed by atoms with van der Waals surface area (Å²) in [5.41, 5.74) is 1.65. The number of non-ortho nitro benzene ring substituents is 1. The van der Waals surface area contributed by atoms with Crippen molar-refractivity contribution in [3.05, 3.63) is 98.0 Å². The molecule has 0 atom stereocenters. The molecule has 0 spiro atoms. The summed E-state index contributed by atoms with van der Waals surface area (Å²) in [5, 5.41) is 12.5. The predicted octanol–water partition coefficient (Wildman–Crippen LogP) is 5.08. The van der Waals surface area contributed by atoms with Crippen LogP contribution in [0.1, 0.15) is 16.0 Å². The van der Waals surface area contributed by atoms with E-state index in [0.717, 1.165) is 4.88 Å². The van der Waals surface area contributed by atoms with Crippen molar-refractivity contribution in [2.75, 3.05) is 0 Å². The van der Waals surface area contributed by atoms with Crippen LogP contribution in [0.15, 0.2) is 66.0 Å². The lowest BCUT2D eigenvalue weighted by Gasteiger charge is -2.08. The number of ether oxygens (including phenoxy) is 1. The molecule has 1 heterocycles. The van der Waals surface area contributed by atoms with Crippen LogP contribution in [0.3, 0.4) is 0 Å². The van der Waals surface area contributed by atoms with Crippen molar-refractivity contribution in [3.8, 4) is 0 Å². The minimum absolute atomic E-state index is 0.0110. The molecule has 3 rings (SSSR count). The summed E-state index contributed by atoms with van der Waals surface area (Å²) in [6, 6.07) is 15.2. The van der Waals surface area contributed by atoms with Crippen LogP contribution in [0.4, 0.5) is 10.1 Å². The van der Waals surface area contributed by atoms with Crippen molar-refractivity contribution < 1.29 is 18.8 Å². The fourth-order valence-corrected chi connectivity index (χ4v) is 3.06. The van der Waals surface area contributed by atoms with E-state index >= 15 is 0 Å². The average molecular weight is 383 g/mol. The zero-order chi connectivity index (χ0) is 19.2. The number of benzene rings is 2. The number of halogens is 1. The highest BCUT2D eigenvalue weighted by Gasteiger charge is 2.15. The largest absolute Gasteiger partial charge is 0.457 e. The summed E-state index contributed by atoms with van der Waals surface area (Å²) in [6.07, 6.45) is 1.64. The van der Waals surface area contributed by atoms with E-state index in [1.807, 2.05) is 11.4 Å². The maximum atomic E-state index is 13.1. The van der Waals surface area contributed by atoms with E-state index in [4.69, 9.17) is 4.74 Å². The Kier molecular flexibility index (Phi) is 5.73. The van der Waals surface area contributed by atoms with Gasteiger partial charge in [-0.15, -0.1) is 11.3 Å². The van der Waals surface area contributed by atoms with Gasteiger partial charge in [-0.1, -0.05) is 18.2 Å². The molecule has 1 aromatic heterocycles. The van der Waals surface area contributed by atoms with Gasteiger partial charge in [-0.25, -0.2) is 9.18 Å². The first-order valence-electron chi connectivity index (χ1n) is 7.94. The molecule has 136 valence electrons. The number of esters is 1. The molecule has 0 saturated heterocycles. The summed E-state index contributed by atoms with van der Waals surface area (Å²) in [7, 11) is 0. The number of carbonyl (C=O) groups is 1. The van der Waals surface area contributed by atoms with Gasteiger partial charge in [0, 0.05) is 17.0 Å². The Bertz CT molecular complexity index is 964. The standard InChI is InChI=1S/C20H14FNO4S/c21-16-7-3-14(4-8-16)12-18(19-2-1-11-27-19)20(23)26-13-15-5-9-17(10-6-15)22(24)25/h1-12H,13H2. The van der Waals surface area contributed by atoms with Crippen molar-refractivity contribution in [2.24, 2.45) is 0 Å². The second kappa shape index (κ2) is 8.37. The molecular weight excluding hydrogens is 369 g/mol. The number of thiophene rings is 1. The number of hydrogen-bond donors (Lipinski definition) is 0. The first kappa shape index (κ1) is 18.5. The molecule has 0 aliphatic rings. The van der Waals surface area contributed by atoms with Crippen LogP contribution in [-0.4, -0.2) is 10.9 Å². The van der Waals surface area contributed by atoms with Gasteiger partial charge in [0.15, 0.2) is 0 Å². The van der Waals surface area contributed by atoms with Gasteiger partial charge in [-0.2, -0.15) is 0 Å². The zero-order valence-corrected chi connectivity index (χ0v) is 14.8. The Morgan fingerprint density at radius 2 is 1.81 bits per heavy atom. The van der Waals surface area contributed by atoms with E-state index in [2.05, 4.69) is 0 Å². The third kappa shape index (κ3) is 4.86. The molecule has 0 aliphatic carbocycles. The Labute approximate surface area is 158 Å². The second-order valence-corrected chi connectivity index (χ2v) is 6.53. The monoisotopic (exact) mass is 383 g/mol. The summed E-state index contributed by atoms with van der Waals surface area (Å²) in [5.74, 6) is -0.884. The van der Waals surface area contributed by atoms with E-state index in [-0.39, 0.29) is 18.1 Å². The van der Waals surface area contributed by atoms with Crippen LogP contribution in [0.2, 0.25) is 0 Å². The molecule has 0 bridgehead atoms. The van der Waals surface area contributed by atoms with Gasteiger partial charge in [0.05, 0.1) is 10.5 Å². The maximum Gasteiger partial charge on any atom is 0.339 e. The minimum atomic E-state index is -0.528. The van der Waals surface area contributed by atoms with Crippen LogP contribution >= 0.6 is 11.3 Å². The smallest absolute Gasteiger partial charge is 0.339 e. The lowest BCUT2D eigenvalue weighted by molar-refractivity contribution is -0.384. The number of hydrogen-bond acceptors (Lipinski definition) is 5. The van der Waals surface area contributed by atoms with Crippen molar-refractivity contribution in [1.29, 1.82) is 0 Å². The van der Waals surface area contributed by atoms with Crippen molar-refractivity contribution in [1.82, 2.24) is 0 Å². The van der Waals surface area contributed by atoms with Crippen LogP contribution in [0.25, 0.3) is 11.6 Å². The van der Waals surface area contributed by atoms with Crippen LogP contribution < -0.4 is 0 Å². The first-order chi connectivity index (χ1) is 13.0. The highest BCUT2D eigenvalue weighted by atomic mass is 32.1. The summed E-state index contributed by atoms with van der Waals surface area (Å²) in [4.78, 5) is 23.5. The second-order valence-electron chi connectivity index (χ2n) is 5.59. The van der Waals surface area contributed by atoms with Crippen molar-refractivity contribution in [3.63, 3.8) is 0 Å². The summed E-state index contributed by atoms with van der Waals surface area (Å²) in [6.45, 7) is -0.0110. The van der Waals surface area contributed by atoms with Gasteiger partial charge in [-0.3, -0.25) is 10.1 Å². The fraction of sp³-hybridized carbons (Fsp3) is 0.0500. The molecule has 7 heteroatoms. The van der Waals surface area contributed by atoms with Gasteiger partial charge >= 0.3 is 5.97 Å². The molecule has 0 amide bonds. The minimum Gasteiger partial charge on any atom is -0.457 e. The Hall–Kier alpha value is -3.32. The number of carbonyl (C=O) groups excluding carboxylic acids is 1. The number of nitrogens with zero attached hydrogens (tertiary/aromatic N) is 1. The zero-order valence-electron chi connectivity index (χ0n) is 14.0. The summed E-state index contributed by atoms with van der Waals surface area (Å²) < 4.78 is 18.5. The molecule has 0 unspecified atom stereocenters. The molecule has 0 aliphatic heterocycles. The fourth-order valence-electron chi connectivity index (χ4n) is 2.33. The first-order valence-corrected chi connectivity index (χ1v) is 8.82. The van der Waals surface area contributed by atoms with Gasteiger partial charge in [0.2, 0.25) is 0 Å². The quantitative estimate of drug-likeness (QED) is 0.258. The lowest BCUT2D eigenvalue weighted by Crippen LogP contribution is -2.06. The van der Waals surface area contributed by atoms with Crippen LogP contribution in [-0.2, 0) is 16.1 Å². The van der Waals surface area contributed by atoms with E-state index in [9.17, 15) is 19.3 Å². The topological polar surface area (TPSA) is 69.4 Å². The van der Waals surface area contributed by atoms with Gasteiger partial charge in [0.1, 0.15) is 12.4 Å². The van der Waals surface area contributed by atoms with Crippen molar-refractivity contribution in [2.45, 2.75) is 6.61 Å².